The summed E-state index contributed by atoms with van der Waals surface area (Å²) in [6.07, 6.45) is -0.889. The number of carboxylic acid groups (broad SMARTS) is 1. The molecule has 0 aromatic rings. The summed E-state index contributed by atoms with van der Waals surface area (Å²) in [4.78, 5) is 20.1. The van der Waals surface area contributed by atoms with Gasteiger partial charge in [0.05, 0.1) is 0 Å². The Labute approximate surface area is 62.6 Å². The van der Waals surface area contributed by atoms with Crippen LogP contribution >= 0.6 is 0 Å². The number of rotatable bonds is 4. The van der Waals surface area contributed by atoms with Crippen molar-refractivity contribution in [2.45, 2.75) is 6.42 Å². The molecule has 0 atom stereocenters. The van der Waals surface area contributed by atoms with Crippen LogP contribution in [-0.4, -0.2) is 35.6 Å². The highest BCUT2D eigenvalue weighted by atomic mass is 32.2. The molecule has 0 radical (unpaired) electrons. The molecule has 64 valence electrons. The highest BCUT2D eigenvalue weighted by Gasteiger charge is 2.15. The lowest BCUT2D eigenvalue weighted by atomic mass is 10.3. The van der Waals surface area contributed by atoms with Crippen molar-refractivity contribution >= 4 is 21.9 Å². The molecule has 0 saturated heterocycles. The SMILES string of the molecule is O=C(O)CC(=O)CS(=O)(=O)O. The molecule has 0 rings (SSSR count). The summed E-state index contributed by atoms with van der Waals surface area (Å²) in [6, 6.07) is 0. The summed E-state index contributed by atoms with van der Waals surface area (Å²) < 4.78 is 28.0. The van der Waals surface area contributed by atoms with Gasteiger partial charge in [-0.05, 0) is 0 Å². The van der Waals surface area contributed by atoms with Crippen molar-refractivity contribution in [3.8, 4) is 0 Å². The van der Waals surface area contributed by atoms with Gasteiger partial charge in [-0.1, -0.05) is 0 Å². The maximum atomic E-state index is 10.3. The molecular weight excluding hydrogens is 176 g/mol. The molecular formula is C4H6O6S. The number of hydrogen-bond acceptors (Lipinski definition) is 4. The summed E-state index contributed by atoms with van der Waals surface area (Å²) in [7, 11) is -4.38. The lowest BCUT2D eigenvalue weighted by Gasteiger charge is -1.92. The maximum absolute atomic E-state index is 10.3. The molecule has 0 aliphatic heterocycles. The normalized spacial score (nSPS) is 11.0. The molecule has 0 aromatic heterocycles. The molecule has 7 heteroatoms. The van der Waals surface area contributed by atoms with Crippen LogP contribution in [0.15, 0.2) is 0 Å². The molecule has 0 spiro atoms. The molecule has 11 heavy (non-hydrogen) atoms. The number of aliphatic carboxylic acids is 1. The van der Waals surface area contributed by atoms with Crippen LogP contribution < -0.4 is 0 Å². The lowest BCUT2D eigenvalue weighted by Crippen LogP contribution is -2.17. The third-order valence-corrected chi connectivity index (χ3v) is 1.38. The molecule has 0 bridgehead atoms. The Kier molecular flexibility index (Phi) is 3.15. The van der Waals surface area contributed by atoms with Gasteiger partial charge in [0, 0.05) is 0 Å². The van der Waals surface area contributed by atoms with Crippen LogP contribution in [0.2, 0.25) is 0 Å². The zero-order valence-electron chi connectivity index (χ0n) is 5.35. The Morgan fingerprint density at radius 1 is 1.27 bits per heavy atom. The predicted octanol–water partition coefficient (Wildman–Crippen LogP) is -1.08. The fourth-order valence-corrected chi connectivity index (χ4v) is 0.932. The summed E-state index contributed by atoms with van der Waals surface area (Å²) in [5.74, 6) is -3.60. The summed E-state index contributed by atoms with van der Waals surface area (Å²) >= 11 is 0. The Morgan fingerprint density at radius 2 is 1.73 bits per heavy atom. The first-order chi connectivity index (χ1) is 4.81. The molecule has 0 aliphatic rings. The fourth-order valence-electron chi connectivity index (χ4n) is 0.423. The molecule has 0 saturated carbocycles. The van der Waals surface area contributed by atoms with E-state index in [-0.39, 0.29) is 0 Å². The van der Waals surface area contributed by atoms with Crippen molar-refractivity contribution in [3.63, 3.8) is 0 Å². The third kappa shape index (κ3) is 6.94. The van der Waals surface area contributed by atoms with Crippen molar-refractivity contribution in [3.05, 3.63) is 0 Å². The van der Waals surface area contributed by atoms with Gasteiger partial charge in [-0.2, -0.15) is 8.42 Å². The third-order valence-electron chi connectivity index (χ3n) is 0.692. The van der Waals surface area contributed by atoms with E-state index in [4.69, 9.17) is 9.66 Å². The average Bonchev–Trinajstić information content (AvgIpc) is 1.53. The number of ketones is 1. The van der Waals surface area contributed by atoms with E-state index in [0.717, 1.165) is 0 Å². The number of carboxylic acids is 1. The number of hydrogen-bond donors (Lipinski definition) is 2. The zero-order chi connectivity index (χ0) is 9.07. The van der Waals surface area contributed by atoms with Crippen LogP contribution in [0.3, 0.4) is 0 Å². The van der Waals surface area contributed by atoms with Gasteiger partial charge < -0.3 is 5.11 Å². The van der Waals surface area contributed by atoms with Gasteiger partial charge in [0.2, 0.25) is 0 Å². The number of carbonyl (C=O) groups is 2. The number of carbonyl (C=O) groups excluding carboxylic acids is 1. The topological polar surface area (TPSA) is 109 Å². The molecule has 6 nitrogen and oxygen atoms in total. The van der Waals surface area contributed by atoms with E-state index in [0.29, 0.717) is 0 Å². The second kappa shape index (κ2) is 3.44. The first-order valence-corrected chi connectivity index (χ1v) is 4.11. The lowest BCUT2D eigenvalue weighted by molar-refractivity contribution is -0.139. The van der Waals surface area contributed by atoms with Crippen molar-refractivity contribution in [1.82, 2.24) is 0 Å². The predicted molar refractivity (Wildman–Crippen MR) is 33.7 cm³/mol. The molecule has 2 N–H and O–H groups in total. The van der Waals surface area contributed by atoms with Crippen LogP contribution in [-0.2, 0) is 19.7 Å². The van der Waals surface area contributed by atoms with Gasteiger partial charge in [-0.3, -0.25) is 14.1 Å². The largest absolute Gasteiger partial charge is 0.481 e. The zero-order valence-corrected chi connectivity index (χ0v) is 6.17. The van der Waals surface area contributed by atoms with Gasteiger partial charge in [0.1, 0.15) is 12.2 Å². The minimum atomic E-state index is -4.38. The van der Waals surface area contributed by atoms with E-state index in [1.165, 1.54) is 0 Å². The van der Waals surface area contributed by atoms with Crippen molar-refractivity contribution in [1.29, 1.82) is 0 Å². The van der Waals surface area contributed by atoms with E-state index >= 15 is 0 Å². The molecule has 0 aliphatic carbocycles. The Balaban J connectivity index is 4.01. The van der Waals surface area contributed by atoms with Gasteiger partial charge >= 0.3 is 5.97 Å². The van der Waals surface area contributed by atoms with Gasteiger partial charge in [0.25, 0.3) is 10.1 Å². The number of Topliss-reactive ketones (excluding diaryl/α,β-unsaturated/α-hetero) is 1. The van der Waals surface area contributed by atoms with E-state index in [9.17, 15) is 18.0 Å². The van der Waals surface area contributed by atoms with Crippen molar-refractivity contribution < 1.29 is 27.7 Å². The van der Waals surface area contributed by atoms with Gasteiger partial charge in [0.15, 0.2) is 5.78 Å². The van der Waals surface area contributed by atoms with Crippen molar-refractivity contribution in [2.75, 3.05) is 5.75 Å². The average molecular weight is 182 g/mol. The second-order valence-electron chi connectivity index (χ2n) is 1.84. The van der Waals surface area contributed by atoms with Crippen LogP contribution in [0.4, 0.5) is 0 Å². The molecule has 0 heterocycles. The molecule has 0 amide bonds. The minimum absolute atomic E-state index is 0.889. The molecule has 0 fully saturated rings. The minimum Gasteiger partial charge on any atom is -0.481 e. The van der Waals surface area contributed by atoms with E-state index in [1.807, 2.05) is 0 Å². The van der Waals surface area contributed by atoms with Crippen LogP contribution in [0.25, 0.3) is 0 Å². The van der Waals surface area contributed by atoms with Gasteiger partial charge in [-0.25, -0.2) is 0 Å². The first-order valence-electron chi connectivity index (χ1n) is 2.50. The quantitative estimate of drug-likeness (QED) is 0.422. The van der Waals surface area contributed by atoms with E-state index < -0.39 is 34.0 Å². The highest BCUT2D eigenvalue weighted by Crippen LogP contribution is 1.88. The molecule has 0 unspecified atom stereocenters. The van der Waals surface area contributed by atoms with Crippen LogP contribution in [0.5, 0.6) is 0 Å². The Bertz CT molecular complexity index is 262. The van der Waals surface area contributed by atoms with Gasteiger partial charge in [-0.15, -0.1) is 0 Å². The van der Waals surface area contributed by atoms with Crippen molar-refractivity contribution in [2.24, 2.45) is 0 Å². The smallest absolute Gasteiger partial charge is 0.310 e. The monoisotopic (exact) mass is 182 g/mol. The summed E-state index contributed by atoms with van der Waals surface area (Å²) in [5, 5.41) is 7.98. The van der Waals surface area contributed by atoms with Crippen LogP contribution in [0, 0.1) is 0 Å². The second-order valence-corrected chi connectivity index (χ2v) is 3.29. The first kappa shape index (κ1) is 10.0. The Hall–Kier alpha value is -0.950. The standard InChI is InChI=1S/C4H6O6S/c5-3(1-4(6)7)2-11(8,9)10/h1-2H2,(H,6,7)(H,8,9,10). The molecule has 0 aromatic carbocycles. The maximum Gasteiger partial charge on any atom is 0.310 e. The van der Waals surface area contributed by atoms with E-state index in [2.05, 4.69) is 0 Å². The summed E-state index contributed by atoms with van der Waals surface area (Å²) in [5.41, 5.74) is 0. The summed E-state index contributed by atoms with van der Waals surface area (Å²) in [6.45, 7) is 0. The highest BCUT2D eigenvalue weighted by molar-refractivity contribution is 7.86. The van der Waals surface area contributed by atoms with E-state index in [1.54, 1.807) is 0 Å². The Morgan fingerprint density at radius 3 is 2.00 bits per heavy atom. The van der Waals surface area contributed by atoms with Crippen LogP contribution in [0.1, 0.15) is 6.42 Å². The fraction of sp³-hybridized carbons (Fsp3) is 0.500.